The summed E-state index contributed by atoms with van der Waals surface area (Å²) in [5, 5.41) is 6.07. The van der Waals surface area contributed by atoms with Crippen LogP contribution >= 0.6 is 23.7 Å². The van der Waals surface area contributed by atoms with Crippen molar-refractivity contribution < 1.29 is 4.79 Å². The third kappa shape index (κ3) is 3.20. The van der Waals surface area contributed by atoms with E-state index in [1.54, 1.807) is 11.3 Å². The molecule has 1 amide bonds. The number of thiophene rings is 1. The van der Waals surface area contributed by atoms with Crippen LogP contribution in [0.5, 0.6) is 0 Å². The minimum absolute atomic E-state index is 0. The van der Waals surface area contributed by atoms with Gasteiger partial charge in [-0.3, -0.25) is 4.79 Å². The number of rotatable bonds is 4. The highest BCUT2D eigenvalue weighted by molar-refractivity contribution is 7.11. The summed E-state index contributed by atoms with van der Waals surface area (Å²) < 4.78 is 0. The summed E-state index contributed by atoms with van der Waals surface area (Å²) in [6, 6.07) is 4.24. The SMILES string of the molecule is CCc1ccc(CNC(=O)C2CNC2)s1.Cl. The largest absolute Gasteiger partial charge is 0.351 e. The van der Waals surface area contributed by atoms with Crippen LogP contribution < -0.4 is 10.6 Å². The minimum atomic E-state index is 0. The van der Waals surface area contributed by atoms with Crippen LogP contribution in [0.1, 0.15) is 16.7 Å². The van der Waals surface area contributed by atoms with E-state index in [9.17, 15) is 4.79 Å². The molecule has 0 saturated carbocycles. The van der Waals surface area contributed by atoms with Gasteiger partial charge in [0.15, 0.2) is 0 Å². The van der Waals surface area contributed by atoms with E-state index in [4.69, 9.17) is 0 Å². The number of carbonyl (C=O) groups is 1. The Morgan fingerprint density at radius 3 is 2.69 bits per heavy atom. The average Bonchev–Trinajstić information content (AvgIpc) is 2.59. The summed E-state index contributed by atoms with van der Waals surface area (Å²) in [7, 11) is 0. The van der Waals surface area contributed by atoms with Crippen molar-refractivity contribution >= 4 is 29.7 Å². The van der Waals surface area contributed by atoms with Gasteiger partial charge >= 0.3 is 0 Å². The van der Waals surface area contributed by atoms with Crippen LogP contribution in [0, 0.1) is 5.92 Å². The maximum atomic E-state index is 11.5. The van der Waals surface area contributed by atoms with Gasteiger partial charge in [0.2, 0.25) is 5.91 Å². The number of hydrogen-bond acceptors (Lipinski definition) is 3. The molecule has 0 spiro atoms. The second-order valence-corrected chi connectivity index (χ2v) is 5.05. The van der Waals surface area contributed by atoms with Gasteiger partial charge in [-0.1, -0.05) is 6.92 Å². The Bertz CT molecular complexity index is 350. The van der Waals surface area contributed by atoms with Crippen LogP contribution in [0.15, 0.2) is 12.1 Å². The van der Waals surface area contributed by atoms with Gasteiger partial charge < -0.3 is 10.6 Å². The molecule has 2 N–H and O–H groups in total. The van der Waals surface area contributed by atoms with E-state index in [1.807, 2.05) is 0 Å². The fraction of sp³-hybridized carbons (Fsp3) is 0.545. The van der Waals surface area contributed by atoms with Crippen LogP contribution in [0.25, 0.3) is 0 Å². The smallest absolute Gasteiger partial charge is 0.225 e. The van der Waals surface area contributed by atoms with Crippen molar-refractivity contribution in [3.8, 4) is 0 Å². The fourth-order valence-corrected chi connectivity index (χ4v) is 2.40. The lowest BCUT2D eigenvalue weighted by Crippen LogP contribution is -2.50. The summed E-state index contributed by atoms with van der Waals surface area (Å²) in [5.74, 6) is 0.371. The van der Waals surface area contributed by atoms with E-state index in [-0.39, 0.29) is 24.2 Å². The second-order valence-electron chi connectivity index (χ2n) is 3.79. The van der Waals surface area contributed by atoms with E-state index >= 15 is 0 Å². The molecule has 0 bridgehead atoms. The number of nitrogens with one attached hydrogen (secondary N) is 2. The predicted octanol–water partition coefficient (Wildman–Crippen LogP) is 1.57. The number of hydrogen-bond donors (Lipinski definition) is 2. The molecule has 0 atom stereocenters. The van der Waals surface area contributed by atoms with Crippen LogP contribution in [-0.4, -0.2) is 19.0 Å². The van der Waals surface area contributed by atoms with Crippen molar-refractivity contribution in [2.75, 3.05) is 13.1 Å². The van der Waals surface area contributed by atoms with Crippen molar-refractivity contribution in [1.29, 1.82) is 0 Å². The topological polar surface area (TPSA) is 41.1 Å². The van der Waals surface area contributed by atoms with E-state index < -0.39 is 0 Å². The Balaban J connectivity index is 0.00000128. The third-order valence-corrected chi connectivity index (χ3v) is 3.88. The van der Waals surface area contributed by atoms with E-state index in [0.717, 1.165) is 19.5 Å². The Hall–Kier alpha value is -0.580. The molecule has 2 rings (SSSR count). The summed E-state index contributed by atoms with van der Waals surface area (Å²) in [6.45, 7) is 4.49. The molecule has 2 heterocycles. The molecule has 0 unspecified atom stereocenters. The standard InChI is InChI=1S/C11H16N2OS.ClH/c1-2-9-3-4-10(15-9)7-13-11(14)8-5-12-6-8;/h3-4,8,12H,2,5-7H2,1H3,(H,13,14);1H. The summed E-state index contributed by atoms with van der Waals surface area (Å²) in [6.07, 6.45) is 1.07. The molecule has 1 fully saturated rings. The Morgan fingerprint density at radius 1 is 1.50 bits per heavy atom. The molecule has 1 aliphatic heterocycles. The lowest BCUT2D eigenvalue weighted by Gasteiger charge is -2.25. The monoisotopic (exact) mass is 260 g/mol. The van der Waals surface area contributed by atoms with Crippen molar-refractivity contribution in [3.63, 3.8) is 0 Å². The normalized spacial score (nSPS) is 15.1. The number of aryl methyl sites for hydroxylation is 1. The highest BCUT2D eigenvalue weighted by Gasteiger charge is 2.24. The predicted molar refractivity (Wildman–Crippen MR) is 69.2 cm³/mol. The molecular weight excluding hydrogens is 244 g/mol. The highest BCUT2D eigenvalue weighted by Crippen LogP contribution is 2.16. The molecule has 1 saturated heterocycles. The third-order valence-electron chi connectivity index (χ3n) is 2.65. The molecule has 1 aliphatic rings. The average molecular weight is 261 g/mol. The molecule has 0 radical (unpaired) electrons. The van der Waals surface area contributed by atoms with Crippen molar-refractivity contribution in [2.24, 2.45) is 5.92 Å². The zero-order chi connectivity index (χ0) is 10.7. The number of halogens is 1. The first-order valence-corrected chi connectivity index (χ1v) is 6.17. The van der Waals surface area contributed by atoms with Gasteiger partial charge in [0.05, 0.1) is 12.5 Å². The molecule has 3 nitrogen and oxygen atoms in total. The Morgan fingerprint density at radius 2 is 2.19 bits per heavy atom. The van der Waals surface area contributed by atoms with Crippen LogP contribution in [0.2, 0.25) is 0 Å². The fourth-order valence-electron chi connectivity index (χ4n) is 1.50. The zero-order valence-electron chi connectivity index (χ0n) is 9.29. The molecule has 0 aromatic carbocycles. The molecule has 0 aliphatic carbocycles. The van der Waals surface area contributed by atoms with Gasteiger partial charge in [-0.25, -0.2) is 0 Å². The van der Waals surface area contributed by atoms with Crippen LogP contribution in [0.4, 0.5) is 0 Å². The lowest BCUT2D eigenvalue weighted by molar-refractivity contribution is -0.126. The lowest BCUT2D eigenvalue weighted by atomic mass is 10.0. The molecule has 1 aromatic heterocycles. The molecule has 16 heavy (non-hydrogen) atoms. The van der Waals surface area contributed by atoms with E-state index in [0.29, 0.717) is 6.54 Å². The first kappa shape index (κ1) is 13.5. The molecule has 1 aromatic rings. The summed E-state index contributed by atoms with van der Waals surface area (Å²) >= 11 is 1.78. The summed E-state index contributed by atoms with van der Waals surface area (Å²) in [4.78, 5) is 14.2. The van der Waals surface area contributed by atoms with Crippen molar-refractivity contribution in [3.05, 3.63) is 21.9 Å². The number of amides is 1. The Kier molecular flexibility index (Phi) is 5.25. The van der Waals surface area contributed by atoms with Gasteiger partial charge in [0.25, 0.3) is 0 Å². The zero-order valence-corrected chi connectivity index (χ0v) is 10.9. The summed E-state index contributed by atoms with van der Waals surface area (Å²) in [5.41, 5.74) is 0. The van der Waals surface area contributed by atoms with E-state index in [1.165, 1.54) is 9.75 Å². The second kappa shape index (κ2) is 6.23. The van der Waals surface area contributed by atoms with E-state index in [2.05, 4.69) is 29.7 Å². The minimum Gasteiger partial charge on any atom is -0.351 e. The van der Waals surface area contributed by atoms with Crippen molar-refractivity contribution in [1.82, 2.24) is 10.6 Å². The molecule has 90 valence electrons. The molecular formula is C11H17ClN2OS. The maximum Gasteiger partial charge on any atom is 0.225 e. The van der Waals surface area contributed by atoms with Gasteiger partial charge in [0, 0.05) is 22.8 Å². The quantitative estimate of drug-likeness (QED) is 0.863. The first-order chi connectivity index (χ1) is 7.29. The maximum absolute atomic E-state index is 11.5. The first-order valence-electron chi connectivity index (χ1n) is 5.35. The molecule has 5 heteroatoms. The van der Waals surface area contributed by atoms with Gasteiger partial charge in [-0.2, -0.15) is 0 Å². The van der Waals surface area contributed by atoms with Gasteiger partial charge in [-0.15, -0.1) is 23.7 Å². The van der Waals surface area contributed by atoms with Crippen molar-refractivity contribution in [2.45, 2.75) is 19.9 Å². The van der Waals surface area contributed by atoms with Gasteiger partial charge in [-0.05, 0) is 18.6 Å². The van der Waals surface area contributed by atoms with Crippen LogP contribution in [-0.2, 0) is 17.8 Å². The highest BCUT2D eigenvalue weighted by atomic mass is 35.5. The van der Waals surface area contributed by atoms with Crippen LogP contribution in [0.3, 0.4) is 0 Å². The van der Waals surface area contributed by atoms with Gasteiger partial charge in [0.1, 0.15) is 0 Å². The number of carbonyl (C=O) groups excluding carboxylic acids is 1. The Labute approximate surface area is 106 Å².